The second-order valence-corrected chi connectivity index (χ2v) is 7.77. The van der Waals surface area contributed by atoms with Crippen LogP contribution in [-0.2, 0) is 16.6 Å². The summed E-state index contributed by atoms with van der Waals surface area (Å²) in [5.41, 5.74) is 6.15. The van der Waals surface area contributed by atoms with E-state index in [1.165, 1.54) is 0 Å². The van der Waals surface area contributed by atoms with Crippen molar-refractivity contribution in [3.8, 4) is 0 Å². The number of hydrogen-bond donors (Lipinski definition) is 1. The van der Waals surface area contributed by atoms with Crippen LogP contribution in [0.15, 0.2) is 17.3 Å². The summed E-state index contributed by atoms with van der Waals surface area (Å²) in [4.78, 5) is 0. The van der Waals surface area contributed by atoms with Gasteiger partial charge in [0.1, 0.15) is 0 Å². The van der Waals surface area contributed by atoms with Gasteiger partial charge in [-0.15, -0.1) is 0 Å². The van der Waals surface area contributed by atoms with Gasteiger partial charge in [-0.1, -0.05) is 6.92 Å². The summed E-state index contributed by atoms with van der Waals surface area (Å²) >= 11 is 0. The largest absolute Gasteiger partial charge is 0.327 e. The molecule has 1 aromatic rings. The van der Waals surface area contributed by atoms with Crippen LogP contribution in [0.25, 0.3) is 0 Å². The van der Waals surface area contributed by atoms with E-state index in [4.69, 9.17) is 5.73 Å². The van der Waals surface area contributed by atoms with Crippen LogP contribution in [0.4, 0.5) is 0 Å². The molecule has 0 aromatic carbocycles. The molecule has 0 spiro atoms. The van der Waals surface area contributed by atoms with E-state index in [-0.39, 0.29) is 6.04 Å². The number of piperidine rings is 1. The molecule has 112 valence electrons. The van der Waals surface area contributed by atoms with Crippen LogP contribution < -0.4 is 5.73 Å². The normalized spacial score (nSPS) is 30.8. The molecular formula is C13H22N4O2S. The fourth-order valence-corrected chi connectivity index (χ4v) is 5.15. The Morgan fingerprint density at radius 2 is 2.00 bits per heavy atom. The lowest BCUT2D eigenvalue weighted by molar-refractivity contribution is 0.227. The standard InChI is InChI=1S/C13H22N4O2S/c1-2-7-17-12(5-6-15-17)20(18,19)16-8-10-3-4-11(9-16)13(10)14/h5-6,10-11,13H,2-4,7-9,14H2,1H3/t10-,11+,13?. The fourth-order valence-electron chi connectivity index (χ4n) is 3.47. The molecule has 1 aromatic heterocycles. The first kappa shape index (κ1) is 14.0. The number of sulfonamides is 1. The Labute approximate surface area is 120 Å². The third kappa shape index (κ3) is 2.17. The van der Waals surface area contributed by atoms with Gasteiger partial charge in [0.05, 0.1) is 6.20 Å². The average Bonchev–Trinajstić information content (AvgIpc) is 2.92. The molecular weight excluding hydrogens is 276 g/mol. The minimum atomic E-state index is -3.44. The van der Waals surface area contributed by atoms with Crippen LogP contribution in [0.3, 0.4) is 0 Å². The second-order valence-electron chi connectivity index (χ2n) is 5.89. The third-order valence-corrected chi connectivity index (χ3v) is 6.44. The smallest absolute Gasteiger partial charge is 0.260 e. The van der Waals surface area contributed by atoms with Crippen LogP contribution >= 0.6 is 0 Å². The summed E-state index contributed by atoms with van der Waals surface area (Å²) in [6.45, 7) is 3.74. The highest BCUT2D eigenvalue weighted by Crippen LogP contribution is 2.37. The van der Waals surface area contributed by atoms with Gasteiger partial charge in [0, 0.05) is 25.7 Å². The van der Waals surface area contributed by atoms with Crippen LogP contribution in [0.1, 0.15) is 26.2 Å². The van der Waals surface area contributed by atoms with Crippen LogP contribution in [-0.4, -0.2) is 41.6 Å². The third-order valence-electron chi connectivity index (χ3n) is 4.59. The van der Waals surface area contributed by atoms with Gasteiger partial charge in [0.2, 0.25) is 0 Å². The topological polar surface area (TPSA) is 81.2 Å². The Kier molecular flexibility index (Phi) is 3.60. The highest BCUT2D eigenvalue weighted by atomic mass is 32.2. The van der Waals surface area contributed by atoms with E-state index in [0.717, 1.165) is 19.3 Å². The fraction of sp³-hybridized carbons (Fsp3) is 0.769. The lowest BCUT2D eigenvalue weighted by Gasteiger charge is -2.35. The molecule has 0 amide bonds. The minimum absolute atomic E-state index is 0.169. The summed E-state index contributed by atoms with van der Waals surface area (Å²) in [5, 5.41) is 4.44. The maximum Gasteiger partial charge on any atom is 0.260 e. The van der Waals surface area contributed by atoms with Crippen molar-refractivity contribution in [1.29, 1.82) is 0 Å². The van der Waals surface area contributed by atoms with Crippen molar-refractivity contribution in [2.24, 2.45) is 17.6 Å². The zero-order chi connectivity index (χ0) is 14.3. The summed E-state index contributed by atoms with van der Waals surface area (Å²) in [6, 6.07) is 1.77. The van der Waals surface area contributed by atoms with Crippen molar-refractivity contribution < 1.29 is 8.42 Å². The first-order valence-electron chi connectivity index (χ1n) is 7.31. The Hall–Kier alpha value is -0.920. The first-order chi connectivity index (χ1) is 9.54. The highest BCUT2D eigenvalue weighted by molar-refractivity contribution is 7.89. The number of nitrogens with zero attached hydrogens (tertiary/aromatic N) is 3. The van der Waals surface area contributed by atoms with E-state index >= 15 is 0 Å². The molecule has 0 radical (unpaired) electrons. The van der Waals surface area contributed by atoms with Gasteiger partial charge in [0.15, 0.2) is 5.03 Å². The number of nitrogens with two attached hydrogens (primary N) is 1. The molecule has 2 aliphatic rings. The average molecular weight is 298 g/mol. The monoisotopic (exact) mass is 298 g/mol. The SMILES string of the molecule is CCCn1nccc1S(=O)(=O)N1C[C@H]2CC[C@@H](C1)C2N. The molecule has 2 fully saturated rings. The molecule has 20 heavy (non-hydrogen) atoms. The number of rotatable bonds is 4. The van der Waals surface area contributed by atoms with Crippen molar-refractivity contribution in [1.82, 2.24) is 14.1 Å². The predicted octanol–water partition coefficient (Wildman–Crippen LogP) is 0.651. The molecule has 6 nitrogen and oxygen atoms in total. The molecule has 1 aliphatic heterocycles. The number of fused-ring (bicyclic) bond motifs is 2. The maximum absolute atomic E-state index is 12.8. The van der Waals surface area contributed by atoms with E-state index in [0.29, 0.717) is 36.5 Å². The molecule has 3 atom stereocenters. The Morgan fingerprint density at radius 3 is 2.60 bits per heavy atom. The molecule has 3 rings (SSSR count). The Morgan fingerprint density at radius 1 is 1.35 bits per heavy atom. The van der Waals surface area contributed by atoms with E-state index in [1.807, 2.05) is 6.92 Å². The first-order valence-corrected chi connectivity index (χ1v) is 8.75. The van der Waals surface area contributed by atoms with E-state index in [1.54, 1.807) is 21.3 Å². The molecule has 7 heteroatoms. The van der Waals surface area contributed by atoms with Crippen molar-refractivity contribution in [3.63, 3.8) is 0 Å². The molecule has 1 saturated carbocycles. The van der Waals surface area contributed by atoms with Crippen molar-refractivity contribution >= 4 is 10.0 Å². The molecule has 1 aliphatic carbocycles. The van der Waals surface area contributed by atoms with Gasteiger partial charge >= 0.3 is 0 Å². The van der Waals surface area contributed by atoms with Crippen molar-refractivity contribution in [2.45, 2.75) is 43.8 Å². The minimum Gasteiger partial charge on any atom is -0.327 e. The van der Waals surface area contributed by atoms with E-state index in [2.05, 4.69) is 5.10 Å². The highest BCUT2D eigenvalue weighted by Gasteiger charge is 2.44. The van der Waals surface area contributed by atoms with Crippen molar-refractivity contribution in [2.75, 3.05) is 13.1 Å². The lowest BCUT2D eigenvalue weighted by Crippen LogP contribution is -2.50. The Balaban J connectivity index is 1.87. The van der Waals surface area contributed by atoms with Gasteiger partial charge in [-0.3, -0.25) is 4.68 Å². The molecule has 2 heterocycles. The van der Waals surface area contributed by atoms with Gasteiger partial charge in [-0.2, -0.15) is 9.40 Å². The van der Waals surface area contributed by atoms with E-state index in [9.17, 15) is 8.42 Å². The summed E-state index contributed by atoms with van der Waals surface area (Å²) in [7, 11) is -3.44. The van der Waals surface area contributed by atoms with E-state index < -0.39 is 10.0 Å². The molecule has 1 unspecified atom stereocenters. The second kappa shape index (κ2) is 5.13. The van der Waals surface area contributed by atoms with Crippen molar-refractivity contribution in [3.05, 3.63) is 12.3 Å². The van der Waals surface area contributed by atoms with Gasteiger partial charge in [0.25, 0.3) is 10.0 Å². The predicted molar refractivity (Wildman–Crippen MR) is 75.5 cm³/mol. The summed E-state index contributed by atoms with van der Waals surface area (Å²) < 4.78 is 28.8. The van der Waals surface area contributed by atoms with Crippen LogP contribution in [0, 0.1) is 11.8 Å². The van der Waals surface area contributed by atoms with Gasteiger partial charge in [-0.05, 0) is 37.2 Å². The number of aryl methyl sites for hydroxylation is 1. The molecule has 2 bridgehead atoms. The zero-order valence-corrected chi connectivity index (χ0v) is 12.6. The molecule has 1 saturated heterocycles. The summed E-state index contributed by atoms with van der Waals surface area (Å²) in [6.07, 6.45) is 4.52. The molecule has 2 N–H and O–H groups in total. The zero-order valence-electron chi connectivity index (χ0n) is 11.8. The lowest BCUT2D eigenvalue weighted by atomic mass is 9.95. The van der Waals surface area contributed by atoms with Crippen LogP contribution in [0.5, 0.6) is 0 Å². The number of hydrogen-bond acceptors (Lipinski definition) is 4. The van der Waals surface area contributed by atoms with Gasteiger partial charge in [-0.25, -0.2) is 8.42 Å². The van der Waals surface area contributed by atoms with Gasteiger partial charge < -0.3 is 5.73 Å². The quantitative estimate of drug-likeness (QED) is 0.885. The van der Waals surface area contributed by atoms with Crippen LogP contribution in [0.2, 0.25) is 0 Å². The maximum atomic E-state index is 12.8. The summed E-state index contributed by atoms with van der Waals surface area (Å²) in [5.74, 6) is 0.622. The number of aromatic nitrogens is 2. The Bertz CT molecular complexity index is 569.